The summed E-state index contributed by atoms with van der Waals surface area (Å²) in [5.41, 5.74) is 0. The molecule has 1 aliphatic rings. The lowest BCUT2D eigenvalue weighted by Gasteiger charge is -2.39. The molecule has 1 saturated heterocycles. The number of ether oxygens (including phenoxy) is 1. The quantitative estimate of drug-likeness (QED) is 0.661. The van der Waals surface area contributed by atoms with Gasteiger partial charge in [-0.25, -0.2) is 4.79 Å². The van der Waals surface area contributed by atoms with Crippen molar-refractivity contribution < 1.29 is 19.1 Å². The third kappa shape index (κ3) is 4.31. The predicted octanol–water partition coefficient (Wildman–Crippen LogP) is -0.0752. The summed E-state index contributed by atoms with van der Waals surface area (Å²) in [5, 5.41) is 0. The van der Waals surface area contributed by atoms with Crippen molar-refractivity contribution in [3.63, 3.8) is 0 Å². The smallest absolute Gasteiger partial charge is 0.330 e. The van der Waals surface area contributed by atoms with Crippen LogP contribution in [0.4, 0.5) is 0 Å². The first kappa shape index (κ1) is 17.2. The normalized spacial score (nSPS) is 18.9. The minimum absolute atomic E-state index is 0.0108. The van der Waals surface area contributed by atoms with Gasteiger partial charge in [-0.1, -0.05) is 0 Å². The summed E-state index contributed by atoms with van der Waals surface area (Å²) >= 11 is 2.86. The number of nitrogens with zero attached hydrogens (tertiary/aromatic N) is 2. The van der Waals surface area contributed by atoms with Gasteiger partial charge >= 0.3 is 5.97 Å². The second kappa shape index (κ2) is 8.41. The maximum atomic E-state index is 12.0. The van der Waals surface area contributed by atoms with Gasteiger partial charge in [-0.3, -0.25) is 9.59 Å². The molecule has 0 aromatic carbocycles. The first-order valence-electron chi connectivity index (χ1n) is 6.18. The average Bonchev–Trinajstić information content (AvgIpc) is 2.46. The zero-order valence-electron chi connectivity index (χ0n) is 12.0. The van der Waals surface area contributed by atoms with E-state index in [2.05, 4.69) is 0 Å². The number of carbonyl (C=O) groups is 3. The van der Waals surface area contributed by atoms with Crippen LogP contribution in [0.5, 0.6) is 0 Å². The lowest BCUT2D eigenvalue weighted by Crippen LogP contribution is -2.60. The van der Waals surface area contributed by atoms with Crippen LogP contribution in [0.3, 0.4) is 0 Å². The van der Waals surface area contributed by atoms with Gasteiger partial charge in [-0.15, -0.1) is 0 Å². The van der Waals surface area contributed by atoms with E-state index in [0.717, 1.165) is 0 Å². The summed E-state index contributed by atoms with van der Waals surface area (Å²) in [5.74, 6) is 0.133. The van der Waals surface area contributed by atoms with E-state index in [4.69, 9.17) is 4.74 Å². The van der Waals surface area contributed by atoms with Gasteiger partial charge in [-0.2, -0.15) is 23.5 Å². The van der Waals surface area contributed by atoms with Crippen LogP contribution in [-0.4, -0.2) is 84.4 Å². The van der Waals surface area contributed by atoms with E-state index in [9.17, 15) is 14.4 Å². The molecule has 0 bridgehead atoms. The van der Waals surface area contributed by atoms with Crippen molar-refractivity contribution >= 4 is 41.3 Å². The summed E-state index contributed by atoms with van der Waals surface area (Å²) in [6.07, 6.45) is 3.69. The van der Waals surface area contributed by atoms with Gasteiger partial charge < -0.3 is 14.5 Å². The van der Waals surface area contributed by atoms with Gasteiger partial charge in [0, 0.05) is 13.1 Å². The summed E-state index contributed by atoms with van der Waals surface area (Å²) in [6, 6.07) is -0.695. The minimum atomic E-state index is -0.695. The van der Waals surface area contributed by atoms with Gasteiger partial charge in [0.15, 0.2) is 0 Å². The third-order valence-electron chi connectivity index (χ3n) is 3.06. The van der Waals surface area contributed by atoms with E-state index in [0.29, 0.717) is 24.6 Å². The van der Waals surface area contributed by atoms with Gasteiger partial charge in [0.05, 0.1) is 25.2 Å². The highest BCUT2D eigenvalue weighted by molar-refractivity contribution is 7.99. The zero-order valence-corrected chi connectivity index (χ0v) is 13.6. The lowest BCUT2D eigenvalue weighted by molar-refractivity contribution is -0.157. The Morgan fingerprint density at radius 1 is 1.10 bits per heavy atom. The summed E-state index contributed by atoms with van der Waals surface area (Å²) in [7, 11) is 1.29. The molecule has 114 valence electrons. The molecule has 0 radical (unpaired) electrons. The van der Waals surface area contributed by atoms with Crippen LogP contribution in [-0.2, 0) is 19.1 Å². The van der Waals surface area contributed by atoms with Crippen molar-refractivity contribution in [3.8, 4) is 0 Å². The van der Waals surface area contributed by atoms with Crippen LogP contribution in [0.15, 0.2) is 0 Å². The van der Waals surface area contributed by atoms with Crippen molar-refractivity contribution in [2.45, 2.75) is 6.04 Å². The lowest BCUT2D eigenvalue weighted by atomic mass is 10.1. The second-order valence-corrected chi connectivity index (χ2v) is 6.06. The molecule has 0 saturated carbocycles. The van der Waals surface area contributed by atoms with Crippen LogP contribution >= 0.6 is 23.5 Å². The van der Waals surface area contributed by atoms with Crippen LogP contribution < -0.4 is 0 Å². The third-order valence-corrected chi connectivity index (χ3v) is 4.13. The molecule has 1 fully saturated rings. The van der Waals surface area contributed by atoms with Crippen molar-refractivity contribution in [2.24, 2.45) is 0 Å². The molecule has 2 amide bonds. The average molecular weight is 320 g/mol. The van der Waals surface area contributed by atoms with Crippen molar-refractivity contribution in [3.05, 3.63) is 0 Å². The van der Waals surface area contributed by atoms with Crippen LogP contribution in [0.1, 0.15) is 0 Å². The van der Waals surface area contributed by atoms with E-state index in [1.54, 1.807) is 4.90 Å². The molecule has 1 atom stereocenters. The molecule has 1 rings (SSSR count). The number of hydrogen-bond donors (Lipinski definition) is 0. The van der Waals surface area contributed by atoms with E-state index < -0.39 is 12.0 Å². The Morgan fingerprint density at radius 2 is 1.70 bits per heavy atom. The second-order valence-electron chi connectivity index (χ2n) is 4.33. The molecule has 6 nitrogen and oxygen atoms in total. The van der Waals surface area contributed by atoms with E-state index >= 15 is 0 Å². The van der Waals surface area contributed by atoms with Crippen molar-refractivity contribution in [1.82, 2.24) is 9.80 Å². The molecule has 1 heterocycles. The largest absolute Gasteiger partial charge is 0.467 e. The molecular formula is C12H20N2O4S2. The van der Waals surface area contributed by atoms with Crippen molar-refractivity contribution in [2.75, 3.05) is 50.8 Å². The number of amides is 2. The Balaban J connectivity index is 2.78. The van der Waals surface area contributed by atoms with Crippen molar-refractivity contribution in [1.29, 1.82) is 0 Å². The summed E-state index contributed by atoms with van der Waals surface area (Å²) < 4.78 is 4.75. The monoisotopic (exact) mass is 320 g/mol. The molecule has 8 heteroatoms. The number of methoxy groups -OCH3 is 1. The molecule has 0 aliphatic carbocycles. The van der Waals surface area contributed by atoms with Gasteiger partial charge in [0.1, 0.15) is 6.04 Å². The van der Waals surface area contributed by atoms with Crippen LogP contribution in [0, 0.1) is 0 Å². The highest BCUT2D eigenvalue weighted by atomic mass is 32.2. The number of thioether (sulfide) groups is 2. The van der Waals surface area contributed by atoms with Crippen LogP contribution in [0.25, 0.3) is 0 Å². The highest BCUT2D eigenvalue weighted by Crippen LogP contribution is 2.14. The first-order chi connectivity index (χ1) is 9.54. The fourth-order valence-corrected chi connectivity index (χ4v) is 2.91. The van der Waals surface area contributed by atoms with Gasteiger partial charge in [0.2, 0.25) is 11.8 Å². The molecule has 0 aromatic rings. The molecule has 0 unspecified atom stereocenters. The first-order valence-corrected chi connectivity index (χ1v) is 8.96. The molecular weight excluding hydrogens is 300 g/mol. The Bertz CT molecular complexity index is 378. The number of hydrogen-bond acceptors (Lipinski definition) is 6. The molecule has 0 N–H and O–H groups in total. The van der Waals surface area contributed by atoms with Gasteiger partial charge in [0.25, 0.3) is 0 Å². The van der Waals surface area contributed by atoms with E-state index in [-0.39, 0.29) is 18.4 Å². The van der Waals surface area contributed by atoms with E-state index in [1.807, 2.05) is 12.5 Å². The maximum Gasteiger partial charge on any atom is 0.330 e. The number of rotatable bonds is 5. The zero-order chi connectivity index (χ0) is 15.1. The molecule has 0 aromatic heterocycles. The standard InChI is InChI=1S/C12H20N2O4S2/c1-18-12(17)9-6-13(10(15)7-19-2)4-5-14(9)11(16)8-20-3/h9H,4-8H2,1-3H3/t9-/m0/s1. The Hall–Kier alpha value is -0.890. The van der Waals surface area contributed by atoms with E-state index in [1.165, 1.54) is 35.5 Å². The fraction of sp³-hybridized carbons (Fsp3) is 0.750. The van der Waals surface area contributed by atoms with Gasteiger partial charge in [-0.05, 0) is 12.5 Å². The minimum Gasteiger partial charge on any atom is -0.467 e. The summed E-state index contributed by atoms with van der Waals surface area (Å²) in [4.78, 5) is 38.9. The number of piperazine rings is 1. The fourth-order valence-electron chi connectivity index (χ4n) is 2.07. The van der Waals surface area contributed by atoms with Crippen LogP contribution in [0.2, 0.25) is 0 Å². The Kier molecular flexibility index (Phi) is 7.22. The predicted molar refractivity (Wildman–Crippen MR) is 80.9 cm³/mol. The molecule has 1 aliphatic heterocycles. The topological polar surface area (TPSA) is 66.9 Å². The number of carbonyl (C=O) groups excluding carboxylic acids is 3. The Labute approximate surface area is 127 Å². The molecule has 20 heavy (non-hydrogen) atoms. The maximum absolute atomic E-state index is 12.0. The Morgan fingerprint density at radius 3 is 2.25 bits per heavy atom. The SMILES string of the molecule is COC(=O)[C@@H]1CN(C(=O)CSC)CCN1C(=O)CSC. The number of esters is 1. The summed E-state index contributed by atoms with van der Waals surface area (Å²) in [6.45, 7) is 1.05. The highest BCUT2D eigenvalue weighted by Gasteiger charge is 2.37. The molecule has 0 spiro atoms.